The number of allylic oxidation sites excluding steroid dienone is 1. The largest absolute Gasteiger partial charge is 0.331 e. The van der Waals surface area contributed by atoms with Crippen LogP contribution in [0.1, 0.15) is 13.8 Å². The fourth-order valence-electron chi connectivity index (χ4n) is 0.604. The molecule has 0 fully saturated rings. The Balaban J connectivity index is 4.05. The summed E-state index contributed by atoms with van der Waals surface area (Å²) in [4.78, 5) is 11.6. The first kappa shape index (κ1) is 8.88. The minimum absolute atomic E-state index is 0.000556. The van der Waals surface area contributed by atoms with Gasteiger partial charge in [0, 0.05) is 12.7 Å². The van der Waals surface area contributed by atoms with Gasteiger partial charge in [0.15, 0.2) is 12.1 Å². The molecule has 0 rings (SSSR count). The van der Waals surface area contributed by atoms with E-state index in [4.69, 9.17) is 5.41 Å². The van der Waals surface area contributed by atoms with E-state index in [1.807, 2.05) is 13.8 Å². The van der Waals surface area contributed by atoms with Crippen LogP contribution in [0.2, 0.25) is 0 Å². The van der Waals surface area contributed by atoms with Crippen molar-refractivity contribution in [2.45, 2.75) is 13.8 Å². The van der Waals surface area contributed by atoms with Gasteiger partial charge in [-0.25, -0.2) is 0 Å². The SMILES string of the molecule is C/C=C\N(CC)C(=N)C=O. The van der Waals surface area contributed by atoms with Gasteiger partial charge in [-0.15, -0.1) is 0 Å². The zero-order valence-electron chi connectivity index (χ0n) is 6.29. The maximum atomic E-state index is 10.1. The summed E-state index contributed by atoms with van der Waals surface area (Å²) in [6.45, 7) is 4.39. The predicted molar refractivity (Wildman–Crippen MR) is 41.0 cm³/mol. The van der Waals surface area contributed by atoms with Gasteiger partial charge in [0.05, 0.1) is 0 Å². The summed E-state index contributed by atoms with van der Waals surface area (Å²) in [5.41, 5.74) is 0. The minimum Gasteiger partial charge on any atom is -0.331 e. The molecule has 0 saturated carbocycles. The lowest BCUT2D eigenvalue weighted by Gasteiger charge is -2.13. The summed E-state index contributed by atoms with van der Waals surface area (Å²) in [7, 11) is 0. The van der Waals surface area contributed by atoms with Gasteiger partial charge in [-0.3, -0.25) is 10.2 Å². The summed E-state index contributed by atoms with van der Waals surface area (Å²) < 4.78 is 0. The smallest absolute Gasteiger partial charge is 0.184 e. The van der Waals surface area contributed by atoms with Crippen molar-refractivity contribution in [2.75, 3.05) is 6.54 Å². The van der Waals surface area contributed by atoms with E-state index in [2.05, 4.69) is 0 Å². The first-order chi connectivity index (χ1) is 4.76. The molecule has 0 unspecified atom stereocenters. The van der Waals surface area contributed by atoms with Gasteiger partial charge in [0.2, 0.25) is 0 Å². The first-order valence-electron chi connectivity index (χ1n) is 3.19. The number of nitrogens with one attached hydrogen (secondary N) is 1. The molecule has 0 aromatic rings. The van der Waals surface area contributed by atoms with Crippen LogP contribution in [-0.4, -0.2) is 23.6 Å². The van der Waals surface area contributed by atoms with E-state index < -0.39 is 0 Å². The maximum absolute atomic E-state index is 10.1. The second-order valence-electron chi connectivity index (χ2n) is 1.77. The number of amidine groups is 1. The molecule has 0 aliphatic heterocycles. The lowest BCUT2D eigenvalue weighted by atomic mass is 10.5. The monoisotopic (exact) mass is 140 g/mol. The van der Waals surface area contributed by atoms with Gasteiger partial charge in [-0.1, -0.05) is 6.08 Å². The van der Waals surface area contributed by atoms with Gasteiger partial charge in [-0.05, 0) is 13.8 Å². The predicted octanol–water partition coefficient (Wildman–Crippen LogP) is 1.02. The molecule has 0 aliphatic carbocycles. The van der Waals surface area contributed by atoms with Crippen molar-refractivity contribution in [2.24, 2.45) is 0 Å². The van der Waals surface area contributed by atoms with Crippen molar-refractivity contribution in [1.29, 1.82) is 5.41 Å². The molecular formula is C7H12N2O. The number of hydrogen-bond acceptors (Lipinski definition) is 2. The molecule has 0 heterocycles. The Morgan fingerprint density at radius 2 is 2.30 bits per heavy atom. The Hall–Kier alpha value is -1.12. The van der Waals surface area contributed by atoms with Crippen molar-refractivity contribution in [3.63, 3.8) is 0 Å². The average Bonchev–Trinajstić information content (AvgIpc) is 1.99. The molecule has 3 nitrogen and oxygen atoms in total. The summed E-state index contributed by atoms with van der Waals surface area (Å²) in [5.74, 6) is 0.000556. The summed E-state index contributed by atoms with van der Waals surface area (Å²) in [6.07, 6.45) is 4.03. The zero-order valence-corrected chi connectivity index (χ0v) is 6.29. The molecule has 0 saturated heterocycles. The highest BCUT2D eigenvalue weighted by Crippen LogP contribution is 1.88. The Kier molecular flexibility index (Phi) is 4.20. The Labute approximate surface area is 60.8 Å². The summed E-state index contributed by atoms with van der Waals surface area (Å²) >= 11 is 0. The highest BCUT2D eigenvalue weighted by Gasteiger charge is 1.99. The molecule has 56 valence electrons. The van der Waals surface area contributed by atoms with Crippen LogP contribution >= 0.6 is 0 Å². The molecule has 0 radical (unpaired) electrons. The average molecular weight is 140 g/mol. The topological polar surface area (TPSA) is 44.2 Å². The highest BCUT2D eigenvalue weighted by atomic mass is 16.1. The van der Waals surface area contributed by atoms with Crippen LogP contribution in [-0.2, 0) is 4.79 Å². The molecular weight excluding hydrogens is 128 g/mol. The maximum Gasteiger partial charge on any atom is 0.184 e. The van der Waals surface area contributed by atoms with Gasteiger partial charge in [0.25, 0.3) is 0 Å². The molecule has 0 amide bonds. The van der Waals surface area contributed by atoms with Gasteiger partial charge in [-0.2, -0.15) is 0 Å². The minimum atomic E-state index is 0.000556. The third-order valence-electron chi connectivity index (χ3n) is 1.09. The summed E-state index contributed by atoms with van der Waals surface area (Å²) in [5, 5.41) is 7.10. The Morgan fingerprint density at radius 1 is 1.70 bits per heavy atom. The van der Waals surface area contributed by atoms with Crippen LogP contribution < -0.4 is 0 Å². The number of aldehydes is 1. The zero-order chi connectivity index (χ0) is 7.98. The molecule has 0 bridgehead atoms. The van der Waals surface area contributed by atoms with Gasteiger partial charge >= 0.3 is 0 Å². The quantitative estimate of drug-likeness (QED) is 0.361. The van der Waals surface area contributed by atoms with Crippen molar-refractivity contribution < 1.29 is 4.79 Å². The molecule has 0 aromatic heterocycles. The van der Waals surface area contributed by atoms with Gasteiger partial charge < -0.3 is 4.90 Å². The van der Waals surface area contributed by atoms with Crippen molar-refractivity contribution in [3.05, 3.63) is 12.3 Å². The number of likely N-dealkylation sites (N-methyl/N-ethyl adjacent to an activating group) is 1. The highest BCUT2D eigenvalue weighted by molar-refractivity contribution is 6.25. The molecule has 1 N–H and O–H groups in total. The number of carbonyl (C=O) groups excluding carboxylic acids is 1. The first-order valence-corrected chi connectivity index (χ1v) is 3.19. The van der Waals surface area contributed by atoms with Crippen LogP contribution in [0.25, 0.3) is 0 Å². The molecule has 0 aliphatic rings. The van der Waals surface area contributed by atoms with Crippen molar-refractivity contribution in [1.82, 2.24) is 4.90 Å². The second-order valence-corrected chi connectivity index (χ2v) is 1.77. The third kappa shape index (κ3) is 2.44. The van der Waals surface area contributed by atoms with Crippen LogP contribution in [0, 0.1) is 5.41 Å². The second kappa shape index (κ2) is 4.73. The number of nitrogens with zero attached hydrogens (tertiary/aromatic N) is 1. The summed E-state index contributed by atoms with van der Waals surface area (Å²) in [6, 6.07) is 0. The van der Waals surface area contributed by atoms with E-state index in [9.17, 15) is 4.79 Å². The van der Waals surface area contributed by atoms with E-state index in [0.29, 0.717) is 12.8 Å². The van der Waals surface area contributed by atoms with Crippen LogP contribution in [0.5, 0.6) is 0 Å². The van der Waals surface area contributed by atoms with E-state index in [0.717, 1.165) is 0 Å². The number of rotatable bonds is 3. The number of carbonyl (C=O) groups is 1. The van der Waals surface area contributed by atoms with E-state index in [1.165, 1.54) is 0 Å². The molecule has 0 atom stereocenters. The fraction of sp³-hybridized carbons (Fsp3) is 0.429. The van der Waals surface area contributed by atoms with Crippen molar-refractivity contribution in [3.8, 4) is 0 Å². The van der Waals surface area contributed by atoms with Crippen molar-refractivity contribution >= 4 is 12.1 Å². The third-order valence-corrected chi connectivity index (χ3v) is 1.09. The lowest BCUT2D eigenvalue weighted by Crippen LogP contribution is -2.25. The Morgan fingerprint density at radius 3 is 2.60 bits per heavy atom. The van der Waals surface area contributed by atoms with E-state index in [-0.39, 0.29) is 5.84 Å². The molecule has 3 heteroatoms. The Bertz CT molecular complexity index is 152. The van der Waals surface area contributed by atoms with Crippen LogP contribution in [0.15, 0.2) is 12.3 Å². The van der Waals surface area contributed by atoms with E-state index >= 15 is 0 Å². The van der Waals surface area contributed by atoms with Crippen LogP contribution in [0.4, 0.5) is 0 Å². The number of hydrogen-bond donors (Lipinski definition) is 1. The van der Waals surface area contributed by atoms with E-state index in [1.54, 1.807) is 17.2 Å². The molecule has 0 aromatic carbocycles. The van der Waals surface area contributed by atoms with Gasteiger partial charge in [0.1, 0.15) is 0 Å². The standard InChI is InChI=1S/C7H12N2O/c1-3-5-9(4-2)7(8)6-10/h3,5-6,8H,4H2,1-2H3/b5-3-,8-7?. The normalized spacial score (nSPS) is 9.80. The molecule has 10 heavy (non-hydrogen) atoms. The fourth-order valence-corrected chi connectivity index (χ4v) is 0.604. The molecule has 0 spiro atoms. The van der Waals surface area contributed by atoms with Crippen LogP contribution in [0.3, 0.4) is 0 Å². The lowest BCUT2D eigenvalue weighted by molar-refractivity contribution is -0.103.